The number of ether oxygens (including phenoxy) is 1. The van der Waals surface area contributed by atoms with Crippen molar-refractivity contribution in [3.05, 3.63) is 66.7 Å². The van der Waals surface area contributed by atoms with Crippen LogP contribution in [0.2, 0.25) is 0 Å². The Morgan fingerprint density at radius 3 is 2.49 bits per heavy atom. The average Bonchev–Trinajstić information content (AvgIpc) is 3.37. The summed E-state index contributed by atoms with van der Waals surface area (Å²) in [5.74, 6) is -2.09. The van der Waals surface area contributed by atoms with E-state index in [0.717, 1.165) is 36.0 Å². The molecule has 3 aromatic rings. The number of carboxylic acid groups (broad SMARTS) is 1. The molecule has 0 spiro atoms. The summed E-state index contributed by atoms with van der Waals surface area (Å²) < 4.78 is 5.48. The van der Waals surface area contributed by atoms with Gasteiger partial charge in [0.1, 0.15) is 23.2 Å². The van der Waals surface area contributed by atoms with Gasteiger partial charge in [0.15, 0.2) is 0 Å². The molecule has 1 aromatic heterocycles. The first-order valence-corrected chi connectivity index (χ1v) is 16.9. The number of nitrogens with one attached hydrogen (secondary N) is 2. The third-order valence-corrected chi connectivity index (χ3v) is 9.34. The van der Waals surface area contributed by atoms with Gasteiger partial charge in [0.2, 0.25) is 17.6 Å². The molecule has 1 saturated carbocycles. The van der Waals surface area contributed by atoms with Crippen molar-refractivity contribution in [1.82, 2.24) is 35.7 Å². The maximum Gasteiger partial charge on any atom is 0.408 e. The topological polar surface area (TPSA) is 169 Å². The Bertz CT molecular complexity index is 1730. The third-order valence-electron chi connectivity index (χ3n) is 9.34. The molecule has 3 aliphatic rings. The summed E-state index contributed by atoms with van der Waals surface area (Å²) in [5.41, 5.74) is 0.489. The zero-order valence-electron chi connectivity index (χ0n) is 28.0. The van der Waals surface area contributed by atoms with E-state index in [1.165, 1.54) is 9.70 Å². The number of hydrogen-bond donors (Lipinski definition) is 3. The maximum atomic E-state index is 14.3. The van der Waals surface area contributed by atoms with Crippen molar-refractivity contribution in [2.75, 3.05) is 6.54 Å². The van der Waals surface area contributed by atoms with Crippen molar-refractivity contribution in [3.63, 3.8) is 0 Å². The van der Waals surface area contributed by atoms with E-state index >= 15 is 0 Å². The molecule has 1 aliphatic carbocycles. The Morgan fingerprint density at radius 1 is 1.02 bits per heavy atom. The van der Waals surface area contributed by atoms with Crippen LogP contribution >= 0.6 is 0 Å². The predicted molar refractivity (Wildman–Crippen MR) is 180 cm³/mol. The molecule has 13 nitrogen and oxygen atoms in total. The van der Waals surface area contributed by atoms with Crippen LogP contribution < -0.4 is 10.6 Å². The Balaban J connectivity index is 1.31. The van der Waals surface area contributed by atoms with E-state index in [9.17, 15) is 24.3 Å². The number of carboxylic acids is 1. The molecule has 0 radical (unpaired) electrons. The molecule has 3 N–H and O–H groups in total. The molecule has 0 unspecified atom stereocenters. The van der Waals surface area contributed by atoms with Gasteiger partial charge in [-0.15, -0.1) is 10.2 Å². The van der Waals surface area contributed by atoms with Crippen LogP contribution in [0, 0.1) is 5.92 Å². The molecule has 13 heteroatoms. The van der Waals surface area contributed by atoms with Crippen molar-refractivity contribution in [2.24, 2.45) is 5.92 Å². The van der Waals surface area contributed by atoms with Crippen molar-refractivity contribution >= 4 is 23.9 Å². The number of nitrogens with zero attached hydrogens (tertiary/aromatic N) is 5. The van der Waals surface area contributed by atoms with E-state index < -0.39 is 53.1 Å². The Kier molecular flexibility index (Phi) is 9.53. The number of benzene rings is 2. The molecule has 2 aliphatic heterocycles. The third kappa shape index (κ3) is 7.50. The summed E-state index contributed by atoms with van der Waals surface area (Å²) in [5, 5.41) is 29.1. The van der Waals surface area contributed by atoms with Gasteiger partial charge in [-0.2, -0.15) is 4.80 Å². The fraction of sp³-hybridized carbons (Fsp3) is 0.472. The number of aromatic nitrogens is 4. The van der Waals surface area contributed by atoms with Gasteiger partial charge in [-0.25, -0.2) is 9.59 Å². The number of tetrazole rings is 1. The van der Waals surface area contributed by atoms with E-state index in [4.69, 9.17) is 9.84 Å². The minimum Gasteiger partial charge on any atom is -0.479 e. The van der Waals surface area contributed by atoms with Gasteiger partial charge in [-0.05, 0) is 62.8 Å². The van der Waals surface area contributed by atoms with Crippen LogP contribution in [0.1, 0.15) is 71.8 Å². The van der Waals surface area contributed by atoms with Gasteiger partial charge < -0.3 is 25.4 Å². The average molecular weight is 670 g/mol. The van der Waals surface area contributed by atoms with Gasteiger partial charge in [-0.3, -0.25) is 9.59 Å². The van der Waals surface area contributed by atoms with Crippen LogP contribution in [-0.4, -0.2) is 83.9 Å². The van der Waals surface area contributed by atoms with Gasteiger partial charge in [0.25, 0.3) is 0 Å². The Labute approximate surface area is 285 Å². The summed E-state index contributed by atoms with van der Waals surface area (Å²) >= 11 is 0. The summed E-state index contributed by atoms with van der Waals surface area (Å²) in [6.45, 7) is 5.28. The molecular formula is C36H43N7O6. The first-order chi connectivity index (χ1) is 23.4. The molecule has 2 fully saturated rings. The highest BCUT2D eigenvalue weighted by molar-refractivity contribution is 5.96. The smallest absolute Gasteiger partial charge is 0.408 e. The SMILES string of the molecule is CC(C)(C)OC(=O)N[C@@H]1CCCCC/C=C\[C@@H]2C[C@]2(C(=O)O)NC(=O)[C@@H]2C[C@H](n3nnc(-c4ccccc4-c4ccccc4)n3)CN2C1=O. The second-order valence-electron chi connectivity index (χ2n) is 14.1. The van der Waals surface area contributed by atoms with Crippen molar-refractivity contribution < 1.29 is 29.0 Å². The molecule has 5 atom stereocenters. The van der Waals surface area contributed by atoms with Crippen LogP contribution in [0.3, 0.4) is 0 Å². The van der Waals surface area contributed by atoms with Crippen LogP contribution in [0.15, 0.2) is 66.7 Å². The second kappa shape index (κ2) is 13.8. The summed E-state index contributed by atoms with van der Waals surface area (Å²) in [4.78, 5) is 56.4. The van der Waals surface area contributed by atoms with Crippen molar-refractivity contribution in [3.8, 4) is 22.5 Å². The van der Waals surface area contributed by atoms with Crippen LogP contribution in [0.4, 0.5) is 4.79 Å². The molecule has 49 heavy (non-hydrogen) atoms. The lowest BCUT2D eigenvalue weighted by atomic mass is 9.99. The number of aliphatic carboxylic acids is 1. The zero-order chi connectivity index (χ0) is 34.8. The lowest BCUT2D eigenvalue weighted by molar-refractivity contribution is -0.145. The normalized spacial score (nSPS) is 26.7. The van der Waals surface area contributed by atoms with Gasteiger partial charge in [0.05, 0.1) is 6.04 Å². The number of hydrogen-bond acceptors (Lipinski definition) is 8. The number of rotatable bonds is 5. The fourth-order valence-electron chi connectivity index (χ4n) is 6.73. The lowest BCUT2D eigenvalue weighted by Crippen LogP contribution is -2.56. The highest BCUT2D eigenvalue weighted by Gasteiger charge is 2.61. The summed E-state index contributed by atoms with van der Waals surface area (Å²) in [7, 11) is 0. The molecule has 2 aromatic carbocycles. The fourth-order valence-corrected chi connectivity index (χ4v) is 6.73. The van der Waals surface area contributed by atoms with Crippen molar-refractivity contribution in [2.45, 2.75) is 95.0 Å². The number of carbonyl (C=O) groups is 4. The molecule has 258 valence electrons. The first kappa shape index (κ1) is 33.8. The maximum absolute atomic E-state index is 14.3. The van der Waals surface area contributed by atoms with Crippen LogP contribution in [0.25, 0.3) is 22.5 Å². The van der Waals surface area contributed by atoms with Gasteiger partial charge >= 0.3 is 12.1 Å². The monoisotopic (exact) mass is 669 g/mol. The zero-order valence-corrected chi connectivity index (χ0v) is 28.0. The summed E-state index contributed by atoms with van der Waals surface area (Å²) in [6.07, 6.45) is 6.90. The number of amides is 3. The van der Waals surface area contributed by atoms with E-state index in [2.05, 4.69) is 20.9 Å². The Morgan fingerprint density at radius 2 is 1.76 bits per heavy atom. The quantitative estimate of drug-likeness (QED) is 0.331. The van der Waals surface area contributed by atoms with E-state index in [0.29, 0.717) is 18.7 Å². The Hall–Kier alpha value is -5.07. The molecule has 0 bridgehead atoms. The molecule has 6 rings (SSSR count). The number of carbonyl (C=O) groups excluding carboxylic acids is 3. The number of fused-ring (bicyclic) bond motifs is 2. The molecule has 3 heterocycles. The standard InChI is InChI=1S/C36H43N7O6/c1-35(2,3)49-34(48)37-28-19-11-6-4-5-10-16-24-21-36(24,33(46)47)38-31(44)29-20-25(22-42(29)32(28)45)43-40-30(39-41-43)27-18-13-12-17-26(27)23-14-8-7-9-15-23/h7-10,12-18,24-25,28-29H,4-6,11,19-22H2,1-3H3,(H,37,48)(H,38,44)(H,46,47)/b16-10-/t24-,25+,28-,29+,36+/m1/s1. The lowest BCUT2D eigenvalue weighted by Gasteiger charge is -2.30. The van der Waals surface area contributed by atoms with Gasteiger partial charge in [-0.1, -0.05) is 79.6 Å². The van der Waals surface area contributed by atoms with E-state index in [1.54, 1.807) is 20.8 Å². The van der Waals surface area contributed by atoms with E-state index in [1.807, 2.05) is 66.7 Å². The highest BCUT2D eigenvalue weighted by atomic mass is 16.6. The van der Waals surface area contributed by atoms with Gasteiger partial charge in [0, 0.05) is 24.4 Å². The number of allylic oxidation sites excluding steroid dienone is 1. The predicted octanol–water partition coefficient (Wildman–Crippen LogP) is 4.52. The molecule has 1 saturated heterocycles. The molecule has 3 amide bonds. The van der Waals surface area contributed by atoms with Crippen LogP contribution in [-0.2, 0) is 19.1 Å². The van der Waals surface area contributed by atoms with E-state index in [-0.39, 0.29) is 25.3 Å². The second-order valence-corrected chi connectivity index (χ2v) is 14.1. The number of alkyl carbamates (subject to hydrolysis) is 1. The van der Waals surface area contributed by atoms with Crippen molar-refractivity contribution in [1.29, 1.82) is 0 Å². The largest absolute Gasteiger partial charge is 0.479 e. The van der Waals surface area contributed by atoms with Crippen LogP contribution in [0.5, 0.6) is 0 Å². The summed E-state index contributed by atoms with van der Waals surface area (Å²) in [6, 6.07) is 15.1. The first-order valence-electron chi connectivity index (χ1n) is 16.9. The minimum atomic E-state index is -1.44. The minimum absolute atomic E-state index is 0.0585. The highest BCUT2D eigenvalue weighted by Crippen LogP contribution is 2.45. The molecular weight excluding hydrogens is 626 g/mol.